The Hall–Kier alpha value is -7.78. The molecule has 0 unspecified atom stereocenters. The van der Waals surface area contributed by atoms with Crippen molar-refractivity contribution in [3.63, 3.8) is 0 Å². The van der Waals surface area contributed by atoms with Crippen molar-refractivity contribution in [2.45, 2.75) is 17.4 Å². The van der Waals surface area contributed by atoms with Crippen molar-refractivity contribution in [3.8, 4) is 22.3 Å². The Balaban J connectivity index is 1.06. The molecule has 0 saturated carbocycles. The van der Waals surface area contributed by atoms with E-state index in [9.17, 15) is 0 Å². The monoisotopic (exact) mass is 845 g/mol. The molecule has 0 spiro atoms. The van der Waals surface area contributed by atoms with Gasteiger partial charge in [0.05, 0.1) is 21.2 Å². The second kappa shape index (κ2) is 14.9. The molecule has 0 amide bonds. The molecule has 10 aromatic carbocycles. The lowest BCUT2D eigenvalue weighted by Gasteiger charge is -2.34. The maximum Gasteiger partial charge on any atom is 0.0714 e. The van der Waals surface area contributed by atoms with Gasteiger partial charge in [-0.15, -0.1) is 11.3 Å². The molecule has 1 nitrogen and oxygen atoms in total. The van der Waals surface area contributed by atoms with Crippen molar-refractivity contribution in [3.05, 3.63) is 299 Å². The van der Waals surface area contributed by atoms with Gasteiger partial charge >= 0.3 is 0 Å². The van der Waals surface area contributed by atoms with Gasteiger partial charge in [-0.05, 0) is 85.0 Å². The van der Waals surface area contributed by atoms with Gasteiger partial charge in [-0.3, -0.25) is 0 Å². The fraction of sp³-hybridized carbons (Fsp3) is 0.0476. The van der Waals surface area contributed by atoms with Crippen molar-refractivity contribution in [2.75, 3.05) is 4.90 Å². The van der Waals surface area contributed by atoms with Gasteiger partial charge in [0.2, 0.25) is 0 Å². The Morgan fingerprint density at radius 2 is 0.800 bits per heavy atom. The highest BCUT2D eigenvalue weighted by atomic mass is 32.1. The standard InChI is InChI=1S/C63H43NS/c1-5-21-43(22-6-1)42-64(57-37-20-36-56-60(57)52-31-15-18-35-55(52)62(56,44-23-7-2-8-24-44)45-25-9-3-10-26-45)58-38-19-32-51-50-40-39-47(41-59(50)65-61(51)58)63(46-27-11-4-12-28-46)53-33-16-13-29-48(53)49-30-14-17-34-54(49)63/h1-41H,42H2. The molecule has 1 heterocycles. The van der Waals surface area contributed by atoms with E-state index < -0.39 is 10.8 Å². The first kappa shape index (κ1) is 37.7. The summed E-state index contributed by atoms with van der Waals surface area (Å²) in [6, 6.07) is 92.8. The average molecular weight is 846 g/mol. The van der Waals surface area contributed by atoms with E-state index in [1.807, 2.05) is 11.3 Å². The Kier molecular flexibility index (Phi) is 8.66. The Morgan fingerprint density at radius 3 is 1.40 bits per heavy atom. The van der Waals surface area contributed by atoms with Crippen LogP contribution in [0, 0.1) is 0 Å². The quantitative estimate of drug-likeness (QED) is 0.147. The molecule has 2 aliphatic carbocycles. The SMILES string of the molecule is c1ccc(CN(c2cccc3c2-c2ccccc2C3(c2ccccc2)c2ccccc2)c2cccc3c2sc2cc(C4(c5ccccc5)c5ccccc5-c5ccccc54)ccc23)cc1. The van der Waals surface area contributed by atoms with E-state index in [-0.39, 0.29) is 0 Å². The van der Waals surface area contributed by atoms with E-state index in [1.165, 1.54) is 104 Å². The molecular formula is C63H43NS. The maximum atomic E-state index is 2.60. The largest absolute Gasteiger partial charge is 0.335 e. The predicted octanol–water partition coefficient (Wildman–Crippen LogP) is 16.1. The van der Waals surface area contributed by atoms with Gasteiger partial charge in [-0.2, -0.15) is 0 Å². The number of benzene rings is 10. The summed E-state index contributed by atoms with van der Waals surface area (Å²) >= 11 is 1.92. The van der Waals surface area contributed by atoms with Crippen molar-refractivity contribution in [1.29, 1.82) is 0 Å². The van der Waals surface area contributed by atoms with E-state index in [2.05, 4.69) is 254 Å². The zero-order chi connectivity index (χ0) is 43.0. The molecule has 306 valence electrons. The van der Waals surface area contributed by atoms with E-state index in [0.29, 0.717) is 6.54 Å². The lowest BCUT2D eigenvalue weighted by Crippen LogP contribution is -2.28. The number of thiophene rings is 1. The number of hydrogen-bond donors (Lipinski definition) is 0. The molecule has 65 heavy (non-hydrogen) atoms. The summed E-state index contributed by atoms with van der Waals surface area (Å²) in [5.41, 5.74) is 18.3. The van der Waals surface area contributed by atoms with Gasteiger partial charge in [0.25, 0.3) is 0 Å². The van der Waals surface area contributed by atoms with Crippen LogP contribution in [0.15, 0.2) is 249 Å². The summed E-state index contributed by atoms with van der Waals surface area (Å²) in [5.74, 6) is 0. The topological polar surface area (TPSA) is 3.24 Å². The second-order valence-corrected chi connectivity index (χ2v) is 18.5. The molecule has 11 aromatic rings. The minimum atomic E-state index is -0.491. The van der Waals surface area contributed by atoms with Gasteiger partial charge in [-0.1, -0.05) is 231 Å². The molecule has 0 radical (unpaired) electrons. The highest BCUT2D eigenvalue weighted by Gasteiger charge is 2.48. The Labute approximate surface area is 384 Å². The number of fused-ring (bicyclic) bond motifs is 9. The Bertz CT molecular complexity index is 3490. The van der Waals surface area contributed by atoms with Gasteiger partial charge < -0.3 is 4.90 Å². The third-order valence-electron chi connectivity index (χ3n) is 14.3. The van der Waals surface area contributed by atoms with Gasteiger partial charge in [-0.25, -0.2) is 0 Å². The minimum Gasteiger partial charge on any atom is -0.335 e. The first-order chi connectivity index (χ1) is 32.3. The van der Waals surface area contributed by atoms with Crippen molar-refractivity contribution in [1.82, 2.24) is 0 Å². The third kappa shape index (κ3) is 5.45. The number of rotatable bonds is 8. The molecule has 13 rings (SSSR count). The summed E-state index contributed by atoms with van der Waals surface area (Å²) in [4.78, 5) is 2.60. The molecule has 2 heteroatoms. The summed E-state index contributed by atoms with van der Waals surface area (Å²) in [6.45, 7) is 0.715. The molecule has 1 aromatic heterocycles. The summed E-state index contributed by atoms with van der Waals surface area (Å²) in [5, 5.41) is 2.57. The Morgan fingerprint density at radius 1 is 0.338 bits per heavy atom. The van der Waals surface area contributed by atoms with E-state index in [4.69, 9.17) is 0 Å². The minimum absolute atomic E-state index is 0.455. The van der Waals surface area contributed by atoms with Gasteiger partial charge in [0, 0.05) is 33.3 Å². The van der Waals surface area contributed by atoms with E-state index in [0.717, 1.165) is 0 Å². The lowest BCUT2D eigenvalue weighted by molar-refractivity contribution is 0.768. The van der Waals surface area contributed by atoms with Crippen molar-refractivity contribution >= 4 is 42.9 Å². The number of anilines is 2. The second-order valence-electron chi connectivity index (χ2n) is 17.5. The smallest absolute Gasteiger partial charge is 0.0714 e. The van der Waals surface area contributed by atoms with Gasteiger partial charge in [0.15, 0.2) is 0 Å². The predicted molar refractivity (Wildman–Crippen MR) is 273 cm³/mol. The molecule has 0 aliphatic heterocycles. The number of hydrogen-bond acceptors (Lipinski definition) is 2. The summed E-state index contributed by atoms with van der Waals surface area (Å²) < 4.78 is 2.58. The number of nitrogens with zero attached hydrogens (tertiary/aromatic N) is 1. The van der Waals surface area contributed by atoms with Crippen LogP contribution in [0.25, 0.3) is 42.4 Å². The lowest BCUT2D eigenvalue weighted by atomic mass is 9.67. The first-order valence-electron chi connectivity index (χ1n) is 22.6. The van der Waals surface area contributed by atoms with E-state index >= 15 is 0 Å². The van der Waals surface area contributed by atoms with Crippen LogP contribution in [0.1, 0.15) is 50.1 Å². The zero-order valence-electron chi connectivity index (χ0n) is 35.7. The maximum absolute atomic E-state index is 2.60. The van der Waals surface area contributed by atoms with E-state index in [1.54, 1.807) is 0 Å². The van der Waals surface area contributed by atoms with Crippen LogP contribution in [-0.2, 0) is 17.4 Å². The van der Waals surface area contributed by atoms with Crippen LogP contribution < -0.4 is 4.90 Å². The van der Waals surface area contributed by atoms with Crippen molar-refractivity contribution < 1.29 is 0 Å². The highest BCUT2D eigenvalue weighted by molar-refractivity contribution is 7.26. The summed E-state index contributed by atoms with van der Waals surface area (Å²) in [7, 11) is 0. The van der Waals surface area contributed by atoms with Crippen LogP contribution >= 0.6 is 11.3 Å². The zero-order valence-corrected chi connectivity index (χ0v) is 36.6. The normalized spacial score (nSPS) is 13.8. The molecule has 0 bridgehead atoms. The third-order valence-corrected chi connectivity index (χ3v) is 15.5. The molecule has 2 aliphatic rings. The first-order valence-corrected chi connectivity index (χ1v) is 23.4. The molecule has 0 N–H and O–H groups in total. The molecule has 0 atom stereocenters. The van der Waals surface area contributed by atoms with Crippen molar-refractivity contribution in [2.24, 2.45) is 0 Å². The van der Waals surface area contributed by atoms with Crippen LogP contribution in [0.5, 0.6) is 0 Å². The van der Waals surface area contributed by atoms with Crippen LogP contribution in [0.2, 0.25) is 0 Å². The van der Waals surface area contributed by atoms with Crippen LogP contribution in [-0.4, -0.2) is 0 Å². The van der Waals surface area contributed by atoms with Gasteiger partial charge in [0.1, 0.15) is 0 Å². The average Bonchev–Trinajstić information content (AvgIpc) is 4.02. The fourth-order valence-electron chi connectivity index (χ4n) is 11.7. The van der Waals surface area contributed by atoms with Crippen LogP contribution in [0.3, 0.4) is 0 Å². The van der Waals surface area contributed by atoms with Crippen LogP contribution in [0.4, 0.5) is 11.4 Å². The highest BCUT2D eigenvalue weighted by Crippen LogP contribution is 2.60. The molecule has 0 saturated heterocycles. The molecular weight excluding hydrogens is 803 g/mol. The summed E-state index contributed by atoms with van der Waals surface area (Å²) in [6.07, 6.45) is 0. The molecule has 0 fully saturated rings. The fourth-order valence-corrected chi connectivity index (χ4v) is 13.0.